The van der Waals surface area contributed by atoms with Crippen LogP contribution in [0.25, 0.3) is 5.65 Å². The van der Waals surface area contributed by atoms with Crippen LogP contribution in [0.1, 0.15) is 32.5 Å². The van der Waals surface area contributed by atoms with Gasteiger partial charge in [-0.2, -0.15) is 0 Å². The minimum Gasteiger partial charge on any atom is -0.356 e. The number of hydrogen-bond donors (Lipinski definition) is 2. The van der Waals surface area contributed by atoms with Crippen LogP contribution in [0.4, 0.5) is 0 Å². The van der Waals surface area contributed by atoms with Crippen LogP contribution < -0.4 is 10.6 Å². The zero-order valence-corrected chi connectivity index (χ0v) is 13.0. The number of aliphatic imine (C=N–C) groups is 1. The van der Waals surface area contributed by atoms with Crippen molar-refractivity contribution in [3.8, 4) is 0 Å². The van der Waals surface area contributed by atoms with Gasteiger partial charge in [-0.1, -0.05) is 13.0 Å². The maximum atomic E-state index is 4.23. The van der Waals surface area contributed by atoms with E-state index in [4.69, 9.17) is 0 Å². The van der Waals surface area contributed by atoms with Crippen LogP contribution in [-0.4, -0.2) is 40.2 Å². The summed E-state index contributed by atoms with van der Waals surface area (Å²) in [6, 6.07) is 6.36. The SMILES string of the molecule is CCC(C)NC(=NC)NCCCc1nnc2ccccn12. The molecule has 0 aliphatic rings. The fraction of sp³-hybridized carbons (Fsp3) is 0.533. The third kappa shape index (κ3) is 4.18. The van der Waals surface area contributed by atoms with Gasteiger partial charge in [-0.25, -0.2) is 0 Å². The summed E-state index contributed by atoms with van der Waals surface area (Å²) in [5, 5.41) is 15.1. The number of pyridine rings is 1. The van der Waals surface area contributed by atoms with Crippen LogP contribution >= 0.6 is 0 Å². The average Bonchev–Trinajstić information content (AvgIpc) is 2.93. The van der Waals surface area contributed by atoms with Gasteiger partial charge in [-0.05, 0) is 31.9 Å². The Balaban J connectivity index is 1.79. The fourth-order valence-corrected chi connectivity index (χ4v) is 2.04. The minimum absolute atomic E-state index is 0.427. The Kier molecular flexibility index (Phi) is 5.54. The molecule has 0 radical (unpaired) electrons. The van der Waals surface area contributed by atoms with E-state index in [0.717, 1.165) is 43.2 Å². The fourth-order valence-electron chi connectivity index (χ4n) is 2.04. The normalized spacial score (nSPS) is 13.4. The van der Waals surface area contributed by atoms with Crippen molar-refractivity contribution >= 4 is 11.6 Å². The van der Waals surface area contributed by atoms with Crippen LogP contribution in [-0.2, 0) is 6.42 Å². The van der Waals surface area contributed by atoms with E-state index in [2.05, 4.69) is 39.7 Å². The van der Waals surface area contributed by atoms with Crippen LogP contribution in [0.2, 0.25) is 0 Å². The lowest BCUT2D eigenvalue weighted by Gasteiger charge is -2.16. The molecule has 0 aliphatic heterocycles. The molecule has 0 amide bonds. The highest BCUT2D eigenvalue weighted by atomic mass is 15.2. The molecule has 2 rings (SSSR count). The van der Waals surface area contributed by atoms with Gasteiger partial charge in [0.1, 0.15) is 5.82 Å². The van der Waals surface area contributed by atoms with Crippen molar-refractivity contribution in [1.82, 2.24) is 25.2 Å². The first-order valence-corrected chi connectivity index (χ1v) is 7.50. The van der Waals surface area contributed by atoms with Gasteiger partial charge in [0.25, 0.3) is 0 Å². The molecular formula is C15H24N6. The number of rotatable bonds is 6. The third-order valence-corrected chi connectivity index (χ3v) is 3.47. The van der Waals surface area contributed by atoms with Crippen molar-refractivity contribution in [2.75, 3.05) is 13.6 Å². The lowest BCUT2D eigenvalue weighted by atomic mass is 10.2. The Morgan fingerprint density at radius 2 is 2.24 bits per heavy atom. The molecule has 0 bridgehead atoms. The van der Waals surface area contributed by atoms with Gasteiger partial charge in [-0.15, -0.1) is 10.2 Å². The van der Waals surface area contributed by atoms with Crippen molar-refractivity contribution in [3.05, 3.63) is 30.2 Å². The van der Waals surface area contributed by atoms with Crippen LogP contribution in [0.5, 0.6) is 0 Å². The average molecular weight is 288 g/mol. The lowest BCUT2D eigenvalue weighted by molar-refractivity contribution is 0.619. The van der Waals surface area contributed by atoms with E-state index < -0.39 is 0 Å². The molecule has 2 aromatic rings. The zero-order chi connectivity index (χ0) is 15.1. The summed E-state index contributed by atoms with van der Waals surface area (Å²) in [5.74, 6) is 1.85. The Morgan fingerprint density at radius 3 is 3.00 bits per heavy atom. The molecular weight excluding hydrogens is 264 g/mol. The first-order valence-electron chi connectivity index (χ1n) is 7.50. The smallest absolute Gasteiger partial charge is 0.191 e. The lowest BCUT2D eigenvalue weighted by Crippen LogP contribution is -2.42. The summed E-state index contributed by atoms with van der Waals surface area (Å²) in [5.41, 5.74) is 0.898. The molecule has 0 aliphatic carbocycles. The Labute approximate surface area is 125 Å². The van der Waals surface area contributed by atoms with Gasteiger partial charge >= 0.3 is 0 Å². The Bertz CT molecular complexity index is 589. The number of fused-ring (bicyclic) bond motifs is 1. The van der Waals surface area contributed by atoms with Crippen molar-refractivity contribution in [1.29, 1.82) is 0 Å². The van der Waals surface area contributed by atoms with Gasteiger partial charge in [0, 0.05) is 32.3 Å². The molecule has 0 spiro atoms. The monoisotopic (exact) mass is 288 g/mol. The second-order valence-corrected chi connectivity index (χ2v) is 5.10. The zero-order valence-electron chi connectivity index (χ0n) is 13.0. The molecule has 1 unspecified atom stereocenters. The highest BCUT2D eigenvalue weighted by Crippen LogP contribution is 2.04. The molecule has 6 nitrogen and oxygen atoms in total. The molecule has 1 atom stereocenters. The van der Waals surface area contributed by atoms with Gasteiger partial charge in [0.2, 0.25) is 0 Å². The Morgan fingerprint density at radius 1 is 1.38 bits per heavy atom. The summed E-state index contributed by atoms with van der Waals surface area (Å²) in [7, 11) is 1.80. The number of nitrogens with zero attached hydrogens (tertiary/aromatic N) is 4. The van der Waals surface area contributed by atoms with Gasteiger partial charge in [0.05, 0.1) is 0 Å². The van der Waals surface area contributed by atoms with E-state index in [-0.39, 0.29) is 0 Å². The van der Waals surface area contributed by atoms with Crippen LogP contribution in [0.15, 0.2) is 29.4 Å². The highest BCUT2D eigenvalue weighted by Gasteiger charge is 2.05. The van der Waals surface area contributed by atoms with Crippen LogP contribution in [0.3, 0.4) is 0 Å². The molecule has 0 aromatic carbocycles. The maximum Gasteiger partial charge on any atom is 0.191 e. The third-order valence-electron chi connectivity index (χ3n) is 3.47. The molecule has 0 saturated carbocycles. The summed E-state index contributed by atoms with van der Waals surface area (Å²) in [4.78, 5) is 4.22. The molecule has 2 heterocycles. The highest BCUT2D eigenvalue weighted by molar-refractivity contribution is 5.79. The maximum absolute atomic E-state index is 4.23. The van der Waals surface area contributed by atoms with E-state index in [1.54, 1.807) is 7.05 Å². The van der Waals surface area contributed by atoms with Gasteiger partial charge < -0.3 is 10.6 Å². The summed E-state index contributed by atoms with van der Waals surface area (Å²) in [6.45, 7) is 5.16. The predicted octanol–water partition coefficient (Wildman–Crippen LogP) is 1.63. The summed E-state index contributed by atoms with van der Waals surface area (Å²) >= 11 is 0. The number of nitrogens with one attached hydrogen (secondary N) is 2. The minimum atomic E-state index is 0.427. The van der Waals surface area contributed by atoms with E-state index >= 15 is 0 Å². The summed E-state index contributed by atoms with van der Waals surface area (Å²) < 4.78 is 2.03. The second kappa shape index (κ2) is 7.61. The predicted molar refractivity (Wildman–Crippen MR) is 85.6 cm³/mol. The topological polar surface area (TPSA) is 66.6 Å². The molecule has 2 aromatic heterocycles. The standard InChI is InChI=1S/C15H24N6/c1-4-12(2)18-15(16-3)17-10-7-9-14-20-19-13-8-5-6-11-21(13)14/h5-6,8,11-12H,4,7,9-10H2,1-3H3,(H2,16,17,18). The summed E-state index contributed by atoms with van der Waals surface area (Å²) in [6.07, 6.45) is 4.95. The van der Waals surface area contributed by atoms with E-state index in [9.17, 15) is 0 Å². The quantitative estimate of drug-likeness (QED) is 0.481. The molecule has 2 N–H and O–H groups in total. The van der Waals surface area contributed by atoms with E-state index in [0.29, 0.717) is 6.04 Å². The van der Waals surface area contributed by atoms with E-state index in [1.807, 2.05) is 28.8 Å². The Hall–Kier alpha value is -2.11. The molecule has 21 heavy (non-hydrogen) atoms. The van der Waals surface area contributed by atoms with Crippen LogP contribution in [0, 0.1) is 0 Å². The number of aryl methyl sites for hydroxylation is 1. The van der Waals surface area contributed by atoms with Gasteiger partial charge in [0.15, 0.2) is 11.6 Å². The van der Waals surface area contributed by atoms with Crippen molar-refractivity contribution in [2.45, 2.75) is 39.2 Å². The number of hydrogen-bond acceptors (Lipinski definition) is 3. The largest absolute Gasteiger partial charge is 0.356 e. The molecule has 114 valence electrons. The van der Waals surface area contributed by atoms with Crippen molar-refractivity contribution in [3.63, 3.8) is 0 Å². The van der Waals surface area contributed by atoms with Crippen molar-refractivity contribution < 1.29 is 0 Å². The number of aromatic nitrogens is 3. The van der Waals surface area contributed by atoms with E-state index in [1.165, 1.54) is 0 Å². The second-order valence-electron chi connectivity index (χ2n) is 5.10. The van der Waals surface area contributed by atoms with Crippen molar-refractivity contribution in [2.24, 2.45) is 4.99 Å². The molecule has 6 heteroatoms. The number of guanidine groups is 1. The first kappa shape index (κ1) is 15.3. The first-order chi connectivity index (χ1) is 10.2. The molecule has 0 fully saturated rings. The molecule has 0 saturated heterocycles. The van der Waals surface area contributed by atoms with Gasteiger partial charge in [-0.3, -0.25) is 9.39 Å².